The maximum Gasteiger partial charge on any atom is 0.366 e. The molecule has 0 rings (SSSR count). The summed E-state index contributed by atoms with van der Waals surface area (Å²) in [5, 5.41) is 8.14. The van der Waals surface area contributed by atoms with Gasteiger partial charge in [0.25, 0.3) is 6.36 Å². The van der Waals surface area contributed by atoms with Gasteiger partial charge in [-0.15, -0.1) is 0 Å². The van der Waals surface area contributed by atoms with E-state index in [9.17, 15) is 9.18 Å². The van der Waals surface area contributed by atoms with Gasteiger partial charge < -0.3 is 9.84 Å². The van der Waals surface area contributed by atoms with E-state index < -0.39 is 17.9 Å². The average molecular weight is 164 g/mol. The molecule has 0 amide bonds. The van der Waals surface area contributed by atoms with Crippen LogP contribution in [0.3, 0.4) is 0 Å². The summed E-state index contributed by atoms with van der Waals surface area (Å²) in [6.45, 7) is 5.08. The molecule has 0 radical (unpaired) electrons. The Morgan fingerprint density at radius 3 is 2.45 bits per heavy atom. The summed E-state index contributed by atoms with van der Waals surface area (Å²) in [7, 11) is 0. The van der Waals surface area contributed by atoms with Crippen molar-refractivity contribution in [3.8, 4) is 0 Å². The van der Waals surface area contributed by atoms with Crippen molar-refractivity contribution < 1.29 is 19.0 Å². The highest BCUT2D eigenvalue weighted by molar-refractivity contribution is 5.70. The minimum absolute atomic E-state index is 0.570. The number of aliphatic carboxylic acids is 1. The summed E-state index contributed by atoms with van der Waals surface area (Å²) >= 11 is 0. The Morgan fingerprint density at radius 2 is 2.18 bits per heavy atom. The molecule has 1 unspecified atom stereocenters. The SMILES string of the molecule is CCC(C)(C)OC(F)C(=O)O. The minimum Gasteiger partial charge on any atom is -0.477 e. The molecule has 11 heavy (non-hydrogen) atoms. The summed E-state index contributed by atoms with van der Waals surface area (Å²) in [4.78, 5) is 9.99. The third kappa shape index (κ3) is 3.93. The monoisotopic (exact) mass is 164 g/mol. The van der Waals surface area contributed by atoms with Gasteiger partial charge in [0, 0.05) is 0 Å². The van der Waals surface area contributed by atoms with Crippen molar-refractivity contribution in [2.75, 3.05) is 0 Å². The first-order valence-corrected chi connectivity index (χ1v) is 3.44. The number of carboxylic acid groups (broad SMARTS) is 1. The van der Waals surface area contributed by atoms with E-state index in [4.69, 9.17) is 5.11 Å². The van der Waals surface area contributed by atoms with Crippen LogP contribution in [0.4, 0.5) is 4.39 Å². The maximum atomic E-state index is 12.4. The van der Waals surface area contributed by atoms with Crippen molar-refractivity contribution >= 4 is 5.97 Å². The molecule has 0 aliphatic heterocycles. The largest absolute Gasteiger partial charge is 0.477 e. The normalized spacial score (nSPS) is 14.5. The summed E-state index contributed by atoms with van der Waals surface area (Å²) in [5.74, 6) is -1.58. The van der Waals surface area contributed by atoms with Gasteiger partial charge in [0.1, 0.15) is 0 Å². The van der Waals surface area contributed by atoms with Crippen LogP contribution in [0, 0.1) is 0 Å². The number of alkyl halides is 1. The quantitative estimate of drug-likeness (QED) is 0.686. The summed E-state index contributed by atoms with van der Waals surface area (Å²) in [5.41, 5.74) is -0.711. The number of rotatable bonds is 4. The van der Waals surface area contributed by atoms with E-state index in [2.05, 4.69) is 4.74 Å². The van der Waals surface area contributed by atoms with Crippen molar-refractivity contribution in [3.63, 3.8) is 0 Å². The van der Waals surface area contributed by atoms with Crippen LogP contribution in [0.15, 0.2) is 0 Å². The van der Waals surface area contributed by atoms with Crippen molar-refractivity contribution in [1.29, 1.82) is 0 Å². The number of ether oxygens (including phenoxy) is 1. The molecule has 0 bridgehead atoms. The third-order valence-electron chi connectivity index (χ3n) is 1.47. The van der Waals surface area contributed by atoms with Gasteiger partial charge in [0.15, 0.2) is 0 Å². The molecule has 0 aliphatic rings. The zero-order chi connectivity index (χ0) is 9.07. The Hall–Kier alpha value is -0.640. The van der Waals surface area contributed by atoms with Crippen molar-refractivity contribution in [2.45, 2.75) is 39.2 Å². The smallest absolute Gasteiger partial charge is 0.366 e. The Kier molecular flexibility index (Phi) is 3.45. The molecule has 1 N–H and O–H groups in total. The van der Waals surface area contributed by atoms with Crippen LogP contribution in [0.5, 0.6) is 0 Å². The predicted molar refractivity (Wildman–Crippen MR) is 38.0 cm³/mol. The molecule has 4 heteroatoms. The highest BCUT2D eigenvalue weighted by Crippen LogP contribution is 2.16. The van der Waals surface area contributed by atoms with Gasteiger partial charge in [-0.2, -0.15) is 0 Å². The highest BCUT2D eigenvalue weighted by Gasteiger charge is 2.25. The van der Waals surface area contributed by atoms with Gasteiger partial charge in [-0.3, -0.25) is 0 Å². The predicted octanol–water partition coefficient (Wildman–Crippen LogP) is 1.57. The fourth-order valence-electron chi connectivity index (χ4n) is 0.414. The Labute approximate surface area is 65.2 Å². The molecule has 66 valence electrons. The number of hydrogen-bond acceptors (Lipinski definition) is 2. The molecular formula is C7H13FO3. The van der Waals surface area contributed by atoms with Gasteiger partial charge in [-0.25, -0.2) is 9.18 Å². The molecule has 3 nitrogen and oxygen atoms in total. The number of carbonyl (C=O) groups is 1. The van der Waals surface area contributed by atoms with Gasteiger partial charge in [-0.1, -0.05) is 6.92 Å². The average Bonchev–Trinajstić information content (AvgIpc) is 1.87. The Morgan fingerprint density at radius 1 is 1.73 bits per heavy atom. The third-order valence-corrected chi connectivity index (χ3v) is 1.47. The summed E-state index contributed by atoms with van der Waals surface area (Å²) in [6.07, 6.45) is -1.65. The van der Waals surface area contributed by atoms with Crippen LogP contribution in [-0.2, 0) is 9.53 Å². The van der Waals surface area contributed by atoms with Crippen molar-refractivity contribution in [3.05, 3.63) is 0 Å². The number of halogens is 1. The lowest BCUT2D eigenvalue weighted by Gasteiger charge is -2.23. The number of hydrogen-bond donors (Lipinski definition) is 1. The van der Waals surface area contributed by atoms with E-state index >= 15 is 0 Å². The van der Waals surface area contributed by atoms with Crippen LogP contribution in [0.2, 0.25) is 0 Å². The van der Waals surface area contributed by atoms with Gasteiger partial charge in [0.2, 0.25) is 0 Å². The second kappa shape index (κ2) is 3.67. The van der Waals surface area contributed by atoms with E-state index in [1.54, 1.807) is 20.8 Å². The molecule has 0 aromatic heterocycles. The lowest BCUT2D eigenvalue weighted by atomic mass is 10.1. The second-order valence-electron chi connectivity index (χ2n) is 2.89. The van der Waals surface area contributed by atoms with E-state index in [0.717, 1.165) is 0 Å². The highest BCUT2D eigenvalue weighted by atomic mass is 19.1. The summed E-state index contributed by atoms with van der Waals surface area (Å²) < 4.78 is 17.0. The van der Waals surface area contributed by atoms with E-state index in [-0.39, 0.29) is 0 Å². The van der Waals surface area contributed by atoms with Crippen molar-refractivity contribution in [1.82, 2.24) is 0 Å². The fourth-order valence-corrected chi connectivity index (χ4v) is 0.414. The molecule has 0 spiro atoms. The molecule has 0 aliphatic carbocycles. The van der Waals surface area contributed by atoms with Crippen molar-refractivity contribution in [2.24, 2.45) is 0 Å². The molecule has 0 aromatic rings. The molecule has 0 aromatic carbocycles. The first-order valence-electron chi connectivity index (χ1n) is 3.44. The van der Waals surface area contributed by atoms with Crippen LogP contribution in [0.25, 0.3) is 0 Å². The Balaban J connectivity index is 3.93. The summed E-state index contributed by atoms with van der Waals surface area (Å²) in [6, 6.07) is 0. The zero-order valence-corrected chi connectivity index (χ0v) is 6.93. The first-order chi connectivity index (χ1) is 4.89. The maximum absolute atomic E-state index is 12.4. The lowest BCUT2D eigenvalue weighted by molar-refractivity contribution is -0.182. The van der Waals surface area contributed by atoms with E-state index in [1.807, 2.05) is 0 Å². The molecule has 0 heterocycles. The van der Waals surface area contributed by atoms with Crippen LogP contribution >= 0.6 is 0 Å². The van der Waals surface area contributed by atoms with E-state index in [0.29, 0.717) is 6.42 Å². The molecule has 0 saturated carbocycles. The first kappa shape index (κ1) is 10.4. The molecule has 0 saturated heterocycles. The lowest BCUT2D eigenvalue weighted by Crippen LogP contribution is -2.32. The van der Waals surface area contributed by atoms with Crippen LogP contribution in [0.1, 0.15) is 27.2 Å². The Bertz CT molecular complexity index is 145. The fraction of sp³-hybridized carbons (Fsp3) is 0.857. The van der Waals surface area contributed by atoms with Gasteiger partial charge >= 0.3 is 5.97 Å². The van der Waals surface area contributed by atoms with Gasteiger partial charge in [-0.05, 0) is 20.3 Å². The molecular weight excluding hydrogens is 151 g/mol. The van der Waals surface area contributed by atoms with Crippen LogP contribution in [-0.4, -0.2) is 23.0 Å². The number of carboxylic acids is 1. The van der Waals surface area contributed by atoms with Gasteiger partial charge in [0.05, 0.1) is 5.60 Å². The standard InChI is InChI=1S/C7H13FO3/c1-4-7(2,3)11-5(8)6(9)10/h5H,4H2,1-3H3,(H,9,10). The zero-order valence-electron chi connectivity index (χ0n) is 6.93. The molecule has 1 atom stereocenters. The topological polar surface area (TPSA) is 46.5 Å². The van der Waals surface area contributed by atoms with E-state index in [1.165, 1.54) is 0 Å². The van der Waals surface area contributed by atoms with Crippen LogP contribution < -0.4 is 0 Å². The molecule has 0 fully saturated rings. The minimum atomic E-state index is -2.22. The second-order valence-corrected chi connectivity index (χ2v) is 2.89.